The van der Waals surface area contributed by atoms with Crippen molar-refractivity contribution in [2.45, 2.75) is 17.6 Å². The molecule has 0 bridgehead atoms. The second-order valence-corrected chi connectivity index (χ2v) is 6.14. The van der Waals surface area contributed by atoms with Gasteiger partial charge in [0.05, 0.1) is 5.25 Å². The Kier molecular flexibility index (Phi) is 2.03. The Bertz CT molecular complexity index is 453. The van der Waals surface area contributed by atoms with Crippen LogP contribution in [0.4, 0.5) is 5.69 Å². The van der Waals surface area contributed by atoms with Crippen molar-refractivity contribution >= 4 is 15.5 Å². The molecule has 3 nitrogen and oxygen atoms in total. The molecule has 1 fully saturated rings. The van der Waals surface area contributed by atoms with E-state index >= 15 is 0 Å². The number of rotatable bonds is 2. The van der Waals surface area contributed by atoms with Gasteiger partial charge < -0.3 is 5.73 Å². The van der Waals surface area contributed by atoms with Gasteiger partial charge in [-0.25, -0.2) is 8.42 Å². The average molecular weight is 211 g/mol. The Hall–Kier alpha value is -1.03. The fourth-order valence-corrected chi connectivity index (χ4v) is 3.10. The van der Waals surface area contributed by atoms with Crippen molar-refractivity contribution < 1.29 is 8.42 Å². The molecule has 0 saturated heterocycles. The molecule has 14 heavy (non-hydrogen) atoms. The lowest BCUT2D eigenvalue weighted by Gasteiger charge is -2.00. The highest BCUT2D eigenvalue weighted by molar-refractivity contribution is 7.91. The normalized spacial score (nSPS) is 26.1. The summed E-state index contributed by atoms with van der Waals surface area (Å²) in [4.78, 5) is 0. The van der Waals surface area contributed by atoms with Gasteiger partial charge in [-0.05, 0) is 24.1 Å². The third kappa shape index (κ3) is 1.75. The van der Waals surface area contributed by atoms with E-state index in [4.69, 9.17) is 5.73 Å². The largest absolute Gasteiger partial charge is 0.399 e. The zero-order chi connectivity index (χ0) is 10.3. The topological polar surface area (TPSA) is 60.2 Å². The summed E-state index contributed by atoms with van der Waals surface area (Å²) in [6.07, 6.45) is 2.03. The van der Waals surface area contributed by atoms with Crippen LogP contribution in [0.2, 0.25) is 0 Å². The minimum absolute atomic E-state index is 0.161. The Morgan fingerprint density at radius 2 is 2.14 bits per heavy atom. The van der Waals surface area contributed by atoms with Gasteiger partial charge in [-0.1, -0.05) is 12.1 Å². The Morgan fingerprint density at radius 3 is 2.64 bits per heavy atom. The van der Waals surface area contributed by atoms with E-state index in [0.717, 1.165) is 12.0 Å². The van der Waals surface area contributed by atoms with Crippen LogP contribution in [0.15, 0.2) is 24.3 Å². The van der Waals surface area contributed by atoms with Gasteiger partial charge in [0.1, 0.15) is 0 Å². The van der Waals surface area contributed by atoms with Gasteiger partial charge >= 0.3 is 0 Å². The van der Waals surface area contributed by atoms with Gasteiger partial charge in [0.15, 0.2) is 9.84 Å². The molecule has 1 aromatic rings. The minimum Gasteiger partial charge on any atom is -0.399 e. The second-order valence-electron chi connectivity index (χ2n) is 3.88. The molecule has 2 N–H and O–H groups in total. The first-order valence-corrected chi connectivity index (χ1v) is 6.48. The van der Waals surface area contributed by atoms with Crippen molar-refractivity contribution in [2.24, 2.45) is 0 Å². The molecular weight excluding hydrogens is 198 g/mol. The monoisotopic (exact) mass is 211 g/mol. The average Bonchev–Trinajstić information content (AvgIpc) is 2.81. The lowest BCUT2D eigenvalue weighted by molar-refractivity contribution is 0.600. The minimum atomic E-state index is -2.88. The quantitative estimate of drug-likeness (QED) is 0.747. The van der Waals surface area contributed by atoms with Crippen LogP contribution in [0, 0.1) is 0 Å². The zero-order valence-corrected chi connectivity index (χ0v) is 8.79. The van der Waals surface area contributed by atoms with Crippen LogP contribution in [-0.2, 0) is 9.84 Å². The fourth-order valence-electron chi connectivity index (χ4n) is 1.79. The molecule has 1 aliphatic rings. The van der Waals surface area contributed by atoms with Crippen molar-refractivity contribution in [1.29, 1.82) is 0 Å². The van der Waals surface area contributed by atoms with Crippen LogP contribution < -0.4 is 5.73 Å². The predicted octanol–water partition coefficient (Wildman–Crippen LogP) is 1.17. The lowest BCUT2D eigenvalue weighted by atomic mass is 10.1. The molecule has 0 aromatic heterocycles. The highest BCUT2D eigenvalue weighted by atomic mass is 32.2. The van der Waals surface area contributed by atoms with E-state index < -0.39 is 9.84 Å². The molecule has 0 aliphatic heterocycles. The maximum atomic E-state index is 11.2. The van der Waals surface area contributed by atoms with E-state index in [9.17, 15) is 8.42 Å². The maximum absolute atomic E-state index is 11.2. The van der Waals surface area contributed by atoms with E-state index in [1.54, 1.807) is 6.07 Å². The highest BCUT2D eigenvalue weighted by Gasteiger charge is 2.45. The Balaban J connectivity index is 2.22. The standard InChI is InChI=1S/C10H13NO2S/c1-14(12,13)10-6-9(10)7-3-2-4-8(11)5-7/h2-5,9-10H,6,11H2,1H3/t9-,10+/m1/s1. The smallest absolute Gasteiger partial charge is 0.150 e. The van der Waals surface area contributed by atoms with Gasteiger partial charge in [-0.15, -0.1) is 0 Å². The molecule has 0 radical (unpaired) electrons. The number of sulfone groups is 1. The van der Waals surface area contributed by atoms with E-state index in [1.807, 2.05) is 18.2 Å². The van der Waals surface area contributed by atoms with Gasteiger partial charge in [-0.3, -0.25) is 0 Å². The van der Waals surface area contributed by atoms with Crippen molar-refractivity contribution in [1.82, 2.24) is 0 Å². The predicted molar refractivity (Wildman–Crippen MR) is 56.8 cm³/mol. The molecule has 2 rings (SSSR count). The Labute approximate surface area is 83.9 Å². The molecule has 0 heterocycles. The van der Waals surface area contributed by atoms with Crippen molar-refractivity contribution in [3.05, 3.63) is 29.8 Å². The molecule has 4 heteroatoms. The van der Waals surface area contributed by atoms with Gasteiger partial charge in [0.2, 0.25) is 0 Å². The number of hydrogen-bond donors (Lipinski definition) is 1. The summed E-state index contributed by atoms with van der Waals surface area (Å²) < 4.78 is 22.5. The SMILES string of the molecule is CS(=O)(=O)[C@H]1C[C@@H]1c1cccc(N)c1. The summed E-state index contributed by atoms with van der Waals surface area (Å²) in [7, 11) is -2.88. The molecule has 2 atom stereocenters. The summed E-state index contributed by atoms with van der Waals surface area (Å²) in [5.41, 5.74) is 7.37. The summed E-state index contributed by atoms with van der Waals surface area (Å²) in [5, 5.41) is -0.190. The van der Waals surface area contributed by atoms with E-state index in [2.05, 4.69) is 0 Å². The molecular formula is C10H13NO2S. The molecule has 76 valence electrons. The summed E-state index contributed by atoms with van der Waals surface area (Å²) >= 11 is 0. The number of hydrogen-bond acceptors (Lipinski definition) is 3. The third-order valence-corrected chi connectivity index (χ3v) is 4.24. The van der Waals surface area contributed by atoms with Crippen LogP contribution in [-0.4, -0.2) is 19.9 Å². The van der Waals surface area contributed by atoms with Crippen LogP contribution in [0.25, 0.3) is 0 Å². The molecule has 1 aromatic carbocycles. The van der Waals surface area contributed by atoms with Crippen LogP contribution in [0.3, 0.4) is 0 Å². The van der Waals surface area contributed by atoms with Crippen molar-refractivity contribution in [3.63, 3.8) is 0 Å². The Morgan fingerprint density at radius 1 is 1.43 bits per heavy atom. The van der Waals surface area contributed by atoms with E-state index in [0.29, 0.717) is 5.69 Å². The van der Waals surface area contributed by atoms with Crippen molar-refractivity contribution in [3.8, 4) is 0 Å². The van der Waals surface area contributed by atoms with E-state index in [-0.39, 0.29) is 11.2 Å². The maximum Gasteiger partial charge on any atom is 0.150 e. The van der Waals surface area contributed by atoms with Gasteiger partial charge in [0, 0.05) is 17.9 Å². The van der Waals surface area contributed by atoms with Gasteiger partial charge in [-0.2, -0.15) is 0 Å². The molecule has 1 aliphatic carbocycles. The van der Waals surface area contributed by atoms with Crippen LogP contribution in [0.1, 0.15) is 17.9 Å². The molecule has 0 amide bonds. The van der Waals surface area contributed by atoms with Crippen LogP contribution in [0.5, 0.6) is 0 Å². The number of anilines is 1. The summed E-state index contributed by atoms with van der Waals surface area (Å²) in [6, 6.07) is 7.46. The zero-order valence-electron chi connectivity index (χ0n) is 7.97. The highest BCUT2D eigenvalue weighted by Crippen LogP contribution is 2.45. The fraction of sp³-hybridized carbons (Fsp3) is 0.400. The van der Waals surface area contributed by atoms with Crippen molar-refractivity contribution in [2.75, 3.05) is 12.0 Å². The first-order valence-electron chi connectivity index (χ1n) is 4.53. The molecule has 0 spiro atoms. The second kappa shape index (κ2) is 2.98. The molecule has 0 unspecified atom stereocenters. The summed E-state index contributed by atoms with van der Waals surface area (Å²) in [6.45, 7) is 0. The van der Waals surface area contributed by atoms with E-state index in [1.165, 1.54) is 6.26 Å². The lowest BCUT2D eigenvalue weighted by Crippen LogP contribution is -2.05. The third-order valence-electron chi connectivity index (χ3n) is 2.62. The number of nitrogens with two attached hydrogens (primary N) is 1. The first-order chi connectivity index (χ1) is 6.48. The van der Waals surface area contributed by atoms with Crippen LogP contribution >= 0.6 is 0 Å². The summed E-state index contributed by atoms with van der Waals surface area (Å²) in [5.74, 6) is 0.161. The van der Waals surface area contributed by atoms with Gasteiger partial charge in [0.25, 0.3) is 0 Å². The number of nitrogen functional groups attached to an aromatic ring is 1. The number of benzene rings is 1. The molecule has 1 saturated carbocycles. The first kappa shape index (κ1) is 9.52.